The van der Waals surface area contributed by atoms with E-state index in [2.05, 4.69) is 24.7 Å². The van der Waals surface area contributed by atoms with Crippen molar-refractivity contribution in [3.05, 3.63) is 0 Å². The van der Waals surface area contributed by atoms with Crippen LogP contribution in [0.5, 0.6) is 0 Å². The normalized spacial score (nSPS) is 13.2. The molecule has 0 aromatic rings. The van der Waals surface area contributed by atoms with Crippen molar-refractivity contribution in [3.63, 3.8) is 0 Å². The van der Waals surface area contributed by atoms with Gasteiger partial charge in [0.1, 0.15) is 0 Å². The van der Waals surface area contributed by atoms with E-state index in [1.807, 2.05) is 6.92 Å². The molecule has 66 valence electrons. The molecule has 0 saturated heterocycles. The largest absolute Gasteiger partial charge is 0.292 e. The van der Waals surface area contributed by atoms with Crippen molar-refractivity contribution in [1.82, 2.24) is 10.9 Å². The third-order valence-corrected chi connectivity index (χ3v) is 1.52. The summed E-state index contributed by atoms with van der Waals surface area (Å²) in [6.07, 6.45) is 0.938. The smallest absolute Gasteiger partial charge is 0.236 e. The fourth-order valence-electron chi connectivity index (χ4n) is 1.06. The molecule has 0 heterocycles. The SMILES string of the molecule is CNNC(=O)C(C)CC(C)C. The highest BCUT2D eigenvalue weighted by atomic mass is 16.2. The zero-order chi connectivity index (χ0) is 8.85. The van der Waals surface area contributed by atoms with E-state index in [-0.39, 0.29) is 11.8 Å². The Kier molecular flexibility index (Phi) is 4.86. The Morgan fingerprint density at radius 3 is 2.27 bits per heavy atom. The van der Waals surface area contributed by atoms with Crippen molar-refractivity contribution in [3.8, 4) is 0 Å². The summed E-state index contributed by atoms with van der Waals surface area (Å²) in [4.78, 5) is 11.1. The molecule has 0 rings (SSSR count). The van der Waals surface area contributed by atoms with Gasteiger partial charge < -0.3 is 0 Å². The summed E-state index contributed by atoms with van der Waals surface area (Å²) in [5.41, 5.74) is 5.18. The minimum absolute atomic E-state index is 0.0706. The van der Waals surface area contributed by atoms with Gasteiger partial charge in [-0.1, -0.05) is 20.8 Å². The van der Waals surface area contributed by atoms with E-state index in [1.54, 1.807) is 7.05 Å². The molecule has 1 unspecified atom stereocenters. The molecule has 1 atom stereocenters. The Morgan fingerprint density at radius 2 is 1.91 bits per heavy atom. The van der Waals surface area contributed by atoms with E-state index in [0.717, 1.165) is 6.42 Å². The molecule has 0 fully saturated rings. The van der Waals surface area contributed by atoms with Crippen molar-refractivity contribution < 1.29 is 4.79 Å². The lowest BCUT2D eigenvalue weighted by molar-refractivity contribution is -0.125. The van der Waals surface area contributed by atoms with Gasteiger partial charge in [-0.05, 0) is 12.3 Å². The first-order valence-electron chi connectivity index (χ1n) is 4.04. The first-order chi connectivity index (χ1) is 5.07. The topological polar surface area (TPSA) is 41.1 Å². The molecule has 0 aliphatic carbocycles. The third kappa shape index (κ3) is 4.79. The van der Waals surface area contributed by atoms with Crippen LogP contribution in [0.4, 0.5) is 0 Å². The Bertz CT molecular complexity index is 123. The van der Waals surface area contributed by atoms with E-state index in [4.69, 9.17) is 0 Å². The van der Waals surface area contributed by atoms with Gasteiger partial charge in [0.15, 0.2) is 0 Å². The van der Waals surface area contributed by atoms with Gasteiger partial charge in [-0.25, -0.2) is 5.43 Å². The number of nitrogens with one attached hydrogen (secondary N) is 2. The minimum atomic E-state index is 0.0706. The van der Waals surface area contributed by atoms with E-state index in [9.17, 15) is 4.79 Å². The Hall–Kier alpha value is -0.570. The number of carbonyl (C=O) groups is 1. The maximum absolute atomic E-state index is 11.1. The van der Waals surface area contributed by atoms with E-state index < -0.39 is 0 Å². The molecule has 0 bridgehead atoms. The zero-order valence-electron chi connectivity index (χ0n) is 7.77. The average molecular weight is 158 g/mol. The van der Waals surface area contributed by atoms with Crippen LogP contribution < -0.4 is 10.9 Å². The van der Waals surface area contributed by atoms with Crippen molar-refractivity contribution >= 4 is 5.91 Å². The number of hydrazine groups is 1. The van der Waals surface area contributed by atoms with Gasteiger partial charge in [-0.3, -0.25) is 10.2 Å². The first-order valence-corrected chi connectivity index (χ1v) is 4.04. The standard InChI is InChI=1S/C8H18N2O/c1-6(2)5-7(3)8(11)10-9-4/h6-7,9H,5H2,1-4H3,(H,10,11). The summed E-state index contributed by atoms with van der Waals surface area (Å²) in [5, 5.41) is 0. The highest BCUT2D eigenvalue weighted by molar-refractivity contribution is 5.77. The fraction of sp³-hybridized carbons (Fsp3) is 0.875. The lowest BCUT2D eigenvalue weighted by Gasteiger charge is -2.12. The van der Waals surface area contributed by atoms with Crippen molar-refractivity contribution in [2.75, 3.05) is 7.05 Å². The summed E-state index contributed by atoms with van der Waals surface area (Å²) in [6, 6.07) is 0. The summed E-state index contributed by atoms with van der Waals surface area (Å²) >= 11 is 0. The Morgan fingerprint density at radius 1 is 1.36 bits per heavy atom. The molecule has 0 aliphatic rings. The van der Waals surface area contributed by atoms with Crippen molar-refractivity contribution in [2.45, 2.75) is 27.2 Å². The van der Waals surface area contributed by atoms with Gasteiger partial charge in [-0.15, -0.1) is 0 Å². The molecule has 0 radical (unpaired) electrons. The molecule has 2 N–H and O–H groups in total. The van der Waals surface area contributed by atoms with Gasteiger partial charge in [-0.2, -0.15) is 0 Å². The molecular weight excluding hydrogens is 140 g/mol. The fourth-order valence-corrected chi connectivity index (χ4v) is 1.06. The Labute approximate surface area is 68.5 Å². The monoisotopic (exact) mass is 158 g/mol. The first kappa shape index (κ1) is 10.4. The number of amides is 1. The zero-order valence-corrected chi connectivity index (χ0v) is 7.77. The van der Waals surface area contributed by atoms with Gasteiger partial charge in [0.2, 0.25) is 5.91 Å². The van der Waals surface area contributed by atoms with E-state index in [0.29, 0.717) is 5.92 Å². The predicted octanol–water partition coefficient (Wildman–Crippen LogP) is 0.919. The van der Waals surface area contributed by atoms with Crippen LogP contribution in [0.3, 0.4) is 0 Å². The highest BCUT2D eigenvalue weighted by Crippen LogP contribution is 2.09. The maximum Gasteiger partial charge on any atom is 0.236 e. The molecule has 11 heavy (non-hydrogen) atoms. The summed E-state index contributed by atoms with van der Waals surface area (Å²) < 4.78 is 0. The van der Waals surface area contributed by atoms with Crippen LogP contribution in [0.1, 0.15) is 27.2 Å². The maximum atomic E-state index is 11.1. The molecule has 3 nitrogen and oxygen atoms in total. The van der Waals surface area contributed by atoms with Crippen LogP contribution in [0, 0.1) is 11.8 Å². The summed E-state index contributed by atoms with van der Waals surface area (Å²) in [5.74, 6) is 0.747. The van der Waals surface area contributed by atoms with Gasteiger partial charge in [0.05, 0.1) is 0 Å². The van der Waals surface area contributed by atoms with Crippen LogP contribution >= 0.6 is 0 Å². The van der Waals surface area contributed by atoms with Crippen LogP contribution in [-0.4, -0.2) is 13.0 Å². The molecule has 0 saturated carbocycles. The summed E-state index contributed by atoms with van der Waals surface area (Å²) in [6.45, 7) is 6.17. The second-order valence-electron chi connectivity index (χ2n) is 3.27. The highest BCUT2D eigenvalue weighted by Gasteiger charge is 2.12. The Balaban J connectivity index is 3.64. The number of hydrogen-bond donors (Lipinski definition) is 2. The second-order valence-corrected chi connectivity index (χ2v) is 3.27. The molecular formula is C8H18N2O. The minimum Gasteiger partial charge on any atom is -0.292 e. The quantitative estimate of drug-likeness (QED) is 0.597. The van der Waals surface area contributed by atoms with Gasteiger partial charge in [0, 0.05) is 13.0 Å². The number of hydrogen-bond acceptors (Lipinski definition) is 2. The lowest BCUT2D eigenvalue weighted by Crippen LogP contribution is -2.38. The van der Waals surface area contributed by atoms with Crippen LogP contribution in [-0.2, 0) is 4.79 Å². The molecule has 0 aliphatic heterocycles. The van der Waals surface area contributed by atoms with Crippen molar-refractivity contribution in [2.24, 2.45) is 11.8 Å². The van der Waals surface area contributed by atoms with Gasteiger partial charge >= 0.3 is 0 Å². The van der Waals surface area contributed by atoms with Crippen LogP contribution in [0.15, 0.2) is 0 Å². The van der Waals surface area contributed by atoms with Crippen LogP contribution in [0.25, 0.3) is 0 Å². The predicted molar refractivity (Wildman–Crippen MR) is 45.8 cm³/mol. The van der Waals surface area contributed by atoms with E-state index in [1.165, 1.54) is 0 Å². The van der Waals surface area contributed by atoms with Crippen LogP contribution in [0.2, 0.25) is 0 Å². The third-order valence-electron chi connectivity index (χ3n) is 1.52. The molecule has 1 amide bonds. The van der Waals surface area contributed by atoms with Crippen molar-refractivity contribution in [1.29, 1.82) is 0 Å². The van der Waals surface area contributed by atoms with E-state index >= 15 is 0 Å². The lowest BCUT2D eigenvalue weighted by atomic mass is 9.98. The number of carbonyl (C=O) groups excluding carboxylic acids is 1. The summed E-state index contributed by atoms with van der Waals surface area (Å²) in [7, 11) is 1.69. The molecule has 0 aromatic carbocycles. The molecule has 0 spiro atoms. The van der Waals surface area contributed by atoms with Gasteiger partial charge in [0.25, 0.3) is 0 Å². The molecule has 0 aromatic heterocycles. The molecule has 3 heteroatoms. The average Bonchev–Trinajstić information content (AvgIpc) is 1.86. The number of rotatable bonds is 4. The second kappa shape index (κ2) is 5.13.